The van der Waals surface area contributed by atoms with Crippen molar-refractivity contribution in [2.75, 3.05) is 20.1 Å². The van der Waals surface area contributed by atoms with Gasteiger partial charge in [-0.05, 0) is 43.4 Å². The number of carbonyl (C=O) groups is 1. The van der Waals surface area contributed by atoms with Crippen LogP contribution in [-0.4, -0.2) is 49.7 Å². The molecular formula is C19H27BrN2O3S. The number of benzene rings is 1. The van der Waals surface area contributed by atoms with Crippen molar-refractivity contribution in [3.8, 4) is 0 Å². The second kappa shape index (κ2) is 8.40. The number of hydrogen-bond acceptors (Lipinski definition) is 3. The molecule has 2 fully saturated rings. The molecule has 1 saturated heterocycles. The summed E-state index contributed by atoms with van der Waals surface area (Å²) < 4.78 is 27.8. The molecule has 1 heterocycles. The molecule has 3 rings (SSSR count). The van der Waals surface area contributed by atoms with Gasteiger partial charge < -0.3 is 4.90 Å². The van der Waals surface area contributed by atoms with E-state index in [0.717, 1.165) is 22.9 Å². The van der Waals surface area contributed by atoms with Gasteiger partial charge in [-0.15, -0.1) is 0 Å². The lowest BCUT2D eigenvalue weighted by Gasteiger charge is -2.34. The Balaban J connectivity index is 1.55. The standard InChI is InChI=1S/C19H27BrN2O3S/c1-21(18-4-2-3-5-18)19(23)16-10-12-22(13-11-16)26(24,25)14-15-6-8-17(20)9-7-15/h6-9,16,18H,2-5,10-14H2,1H3. The number of rotatable bonds is 5. The highest BCUT2D eigenvalue weighted by Crippen LogP contribution is 2.27. The lowest BCUT2D eigenvalue weighted by atomic mass is 9.96. The predicted octanol–water partition coefficient (Wildman–Crippen LogP) is 3.39. The summed E-state index contributed by atoms with van der Waals surface area (Å²) in [5.41, 5.74) is 0.785. The van der Waals surface area contributed by atoms with Crippen molar-refractivity contribution in [1.29, 1.82) is 0 Å². The van der Waals surface area contributed by atoms with Gasteiger partial charge in [0.15, 0.2) is 0 Å². The molecule has 0 radical (unpaired) electrons. The molecule has 2 aliphatic rings. The van der Waals surface area contributed by atoms with Crippen LogP contribution in [0.4, 0.5) is 0 Å². The van der Waals surface area contributed by atoms with Crippen LogP contribution >= 0.6 is 15.9 Å². The molecule has 7 heteroatoms. The number of halogens is 1. The average Bonchev–Trinajstić information content (AvgIpc) is 3.17. The van der Waals surface area contributed by atoms with E-state index >= 15 is 0 Å². The summed E-state index contributed by atoms with van der Waals surface area (Å²) in [6, 6.07) is 7.74. The maximum absolute atomic E-state index is 12.7. The maximum atomic E-state index is 12.7. The fourth-order valence-electron chi connectivity index (χ4n) is 4.02. The molecule has 1 aliphatic carbocycles. The fourth-order valence-corrected chi connectivity index (χ4v) is 5.85. The fraction of sp³-hybridized carbons (Fsp3) is 0.632. The Kier molecular flexibility index (Phi) is 6.41. The molecule has 1 saturated carbocycles. The molecule has 26 heavy (non-hydrogen) atoms. The van der Waals surface area contributed by atoms with Crippen LogP contribution in [0.1, 0.15) is 44.1 Å². The van der Waals surface area contributed by atoms with Crippen LogP contribution < -0.4 is 0 Å². The van der Waals surface area contributed by atoms with Gasteiger partial charge in [0, 0.05) is 36.6 Å². The Labute approximate surface area is 164 Å². The summed E-state index contributed by atoms with van der Waals surface area (Å²) >= 11 is 3.36. The Hall–Kier alpha value is -0.920. The van der Waals surface area contributed by atoms with E-state index < -0.39 is 10.0 Å². The van der Waals surface area contributed by atoms with Gasteiger partial charge in [-0.2, -0.15) is 0 Å². The molecule has 1 aliphatic heterocycles. The summed E-state index contributed by atoms with van der Waals surface area (Å²) in [5.74, 6) is 0.169. The summed E-state index contributed by atoms with van der Waals surface area (Å²) in [5, 5.41) is 0. The second-order valence-corrected chi connectivity index (χ2v) is 10.3. The zero-order valence-electron chi connectivity index (χ0n) is 15.2. The summed E-state index contributed by atoms with van der Waals surface area (Å²) in [6.45, 7) is 0.877. The van der Waals surface area contributed by atoms with Crippen molar-refractivity contribution in [2.45, 2.75) is 50.3 Å². The monoisotopic (exact) mass is 442 g/mol. The van der Waals surface area contributed by atoms with Gasteiger partial charge in [0.1, 0.15) is 0 Å². The molecule has 0 bridgehead atoms. The van der Waals surface area contributed by atoms with Crippen molar-refractivity contribution in [3.63, 3.8) is 0 Å². The quantitative estimate of drug-likeness (QED) is 0.701. The van der Waals surface area contributed by atoms with E-state index in [9.17, 15) is 13.2 Å². The third-order valence-corrected chi connectivity index (χ3v) is 8.06. The van der Waals surface area contributed by atoms with Crippen molar-refractivity contribution < 1.29 is 13.2 Å². The lowest BCUT2D eigenvalue weighted by Crippen LogP contribution is -2.45. The normalized spacial score (nSPS) is 20.4. The van der Waals surface area contributed by atoms with E-state index in [1.165, 1.54) is 12.8 Å². The third-order valence-electron chi connectivity index (χ3n) is 5.68. The first-order chi connectivity index (χ1) is 12.4. The van der Waals surface area contributed by atoms with Gasteiger partial charge in [0.25, 0.3) is 0 Å². The van der Waals surface area contributed by atoms with E-state index in [2.05, 4.69) is 15.9 Å². The van der Waals surface area contributed by atoms with Crippen molar-refractivity contribution in [2.24, 2.45) is 5.92 Å². The van der Waals surface area contributed by atoms with Crippen molar-refractivity contribution >= 4 is 31.9 Å². The van der Waals surface area contributed by atoms with Crippen LogP contribution in [0.25, 0.3) is 0 Å². The maximum Gasteiger partial charge on any atom is 0.225 e. The average molecular weight is 443 g/mol. The van der Waals surface area contributed by atoms with Crippen LogP contribution in [0.5, 0.6) is 0 Å². The Morgan fingerprint density at radius 1 is 1.12 bits per heavy atom. The Bertz CT molecular complexity index is 722. The van der Waals surface area contributed by atoms with E-state index in [1.54, 1.807) is 4.31 Å². The van der Waals surface area contributed by atoms with E-state index in [0.29, 0.717) is 32.0 Å². The largest absolute Gasteiger partial charge is 0.343 e. The predicted molar refractivity (Wildman–Crippen MR) is 106 cm³/mol. The number of sulfonamides is 1. The van der Waals surface area contributed by atoms with Crippen molar-refractivity contribution in [3.05, 3.63) is 34.3 Å². The lowest BCUT2D eigenvalue weighted by molar-refractivity contribution is -0.137. The van der Waals surface area contributed by atoms with E-state index in [1.807, 2.05) is 36.2 Å². The number of amides is 1. The van der Waals surface area contributed by atoms with E-state index in [4.69, 9.17) is 0 Å². The molecule has 144 valence electrons. The zero-order valence-corrected chi connectivity index (χ0v) is 17.6. The molecule has 0 atom stereocenters. The van der Waals surface area contributed by atoms with Gasteiger partial charge in [0.05, 0.1) is 5.75 Å². The van der Waals surface area contributed by atoms with E-state index in [-0.39, 0.29) is 17.6 Å². The molecule has 1 aromatic carbocycles. The van der Waals surface area contributed by atoms with Crippen LogP contribution in [0.3, 0.4) is 0 Å². The topological polar surface area (TPSA) is 57.7 Å². The van der Waals surface area contributed by atoms with Gasteiger partial charge >= 0.3 is 0 Å². The smallest absolute Gasteiger partial charge is 0.225 e. The Morgan fingerprint density at radius 2 is 1.69 bits per heavy atom. The van der Waals surface area contributed by atoms with Gasteiger partial charge in [-0.25, -0.2) is 12.7 Å². The number of nitrogens with zero attached hydrogens (tertiary/aromatic N) is 2. The summed E-state index contributed by atoms with van der Waals surface area (Å²) in [7, 11) is -1.43. The van der Waals surface area contributed by atoms with Gasteiger partial charge in [0.2, 0.25) is 15.9 Å². The minimum Gasteiger partial charge on any atom is -0.343 e. The highest BCUT2D eigenvalue weighted by molar-refractivity contribution is 9.10. The van der Waals surface area contributed by atoms with Crippen LogP contribution in [0.15, 0.2) is 28.7 Å². The summed E-state index contributed by atoms with van der Waals surface area (Å²) in [4.78, 5) is 14.6. The molecule has 1 aromatic rings. The zero-order chi connectivity index (χ0) is 18.7. The molecule has 0 spiro atoms. The summed E-state index contributed by atoms with van der Waals surface area (Å²) in [6.07, 6.45) is 5.85. The highest BCUT2D eigenvalue weighted by atomic mass is 79.9. The molecule has 0 N–H and O–H groups in total. The SMILES string of the molecule is CN(C(=O)C1CCN(S(=O)(=O)Cc2ccc(Br)cc2)CC1)C1CCCC1. The third kappa shape index (κ3) is 4.67. The molecule has 0 aromatic heterocycles. The molecule has 5 nitrogen and oxygen atoms in total. The first-order valence-corrected chi connectivity index (χ1v) is 11.8. The van der Waals surface area contributed by atoms with Crippen LogP contribution in [-0.2, 0) is 20.6 Å². The van der Waals surface area contributed by atoms with Crippen molar-refractivity contribution in [1.82, 2.24) is 9.21 Å². The molecule has 1 amide bonds. The van der Waals surface area contributed by atoms with Gasteiger partial charge in [-0.3, -0.25) is 4.79 Å². The second-order valence-electron chi connectivity index (χ2n) is 7.44. The minimum absolute atomic E-state index is 0.0148. The Morgan fingerprint density at radius 3 is 2.27 bits per heavy atom. The highest BCUT2D eigenvalue weighted by Gasteiger charge is 2.34. The molecular weight excluding hydrogens is 416 g/mol. The first-order valence-electron chi connectivity index (χ1n) is 9.36. The number of carbonyl (C=O) groups excluding carboxylic acids is 1. The number of hydrogen-bond donors (Lipinski definition) is 0. The molecule has 0 unspecified atom stereocenters. The van der Waals surface area contributed by atoms with Gasteiger partial charge in [-0.1, -0.05) is 40.9 Å². The number of piperidine rings is 1. The van der Waals surface area contributed by atoms with Crippen LogP contribution in [0.2, 0.25) is 0 Å². The first kappa shape index (κ1) is 19.8. The van der Waals surface area contributed by atoms with Crippen LogP contribution in [0, 0.1) is 5.92 Å². The minimum atomic E-state index is -3.34.